The largest absolute Gasteiger partial charge is 0.311 e. The van der Waals surface area contributed by atoms with Crippen molar-refractivity contribution in [1.29, 1.82) is 0 Å². The van der Waals surface area contributed by atoms with Crippen molar-refractivity contribution in [1.82, 2.24) is 0 Å². The van der Waals surface area contributed by atoms with E-state index in [9.17, 15) is 0 Å². The fourth-order valence-corrected chi connectivity index (χ4v) is 7.06. The number of hydrogen-bond acceptors (Lipinski definition) is 2. The van der Waals surface area contributed by atoms with E-state index in [1.807, 2.05) is 84.9 Å². The van der Waals surface area contributed by atoms with Gasteiger partial charge in [-0.2, -0.15) is 0 Å². The lowest BCUT2D eigenvalue weighted by Crippen LogP contribution is -2.13. The van der Waals surface area contributed by atoms with Gasteiger partial charge in [0, 0.05) is 34.1 Å². The summed E-state index contributed by atoms with van der Waals surface area (Å²) in [6.07, 6.45) is 4.99. The molecule has 0 bridgehead atoms. The fraction of sp³-hybridized carbons (Fsp3) is 0.148. The predicted octanol–water partition coefficient (Wildman–Crippen LogP) is 16.1. The van der Waals surface area contributed by atoms with Gasteiger partial charge in [-0.15, -0.1) is 0 Å². The topological polar surface area (TPSA) is 6.48 Å². The normalized spacial score (nSPS) is 12.0. The summed E-state index contributed by atoms with van der Waals surface area (Å²) < 4.78 is 61.8. The van der Waals surface area contributed by atoms with E-state index in [4.69, 9.17) is 0 Å². The van der Waals surface area contributed by atoms with Crippen LogP contribution in [0.15, 0.2) is 158 Å². The van der Waals surface area contributed by atoms with E-state index < -0.39 is 34.4 Å². The van der Waals surface area contributed by atoms with Gasteiger partial charge in [-0.05, 0) is 118 Å². The maximum Gasteiger partial charge on any atom is 0.169 e. The molecule has 0 aliphatic carbocycles. The van der Waals surface area contributed by atoms with E-state index >= 15 is 17.6 Å². The summed E-state index contributed by atoms with van der Waals surface area (Å²) in [5.74, 6) is -5.88. The highest BCUT2D eigenvalue weighted by molar-refractivity contribution is 5.80. The summed E-state index contributed by atoms with van der Waals surface area (Å²) in [6.45, 7) is 13.0. The Bertz CT molecular complexity index is 2390. The molecule has 0 aliphatic heterocycles. The summed E-state index contributed by atoms with van der Waals surface area (Å²) in [5.41, 5.74) is 7.60. The molecule has 6 heteroatoms. The summed E-state index contributed by atoms with van der Waals surface area (Å²) in [6, 6.07) is 51.4. The quantitative estimate of drug-likeness (QED) is 0.0772. The van der Waals surface area contributed by atoms with Gasteiger partial charge in [-0.1, -0.05) is 139 Å². The molecular weight excluding hydrogens is 753 g/mol. The van der Waals surface area contributed by atoms with Crippen molar-refractivity contribution in [3.63, 3.8) is 0 Å². The summed E-state index contributed by atoms with van der Waals surface area (Å²) in [4.78, 5) is 4.22. The van der Waals surface area contributed by atoms with Crippen molar-refractivity contribution >= 4 is 58.4 Å². The zero-order valence-corrected chi connectivity index (χ0v) is 34.7. The van der Waals surface area contributed by atoms with Crippen molar-refractivity contribution < 1.29 is 17.6 Å². The van der Waals surface area contributed by atoms with E-state index in [1.54, 1.807) is 24.3 Å². The Morgan fingerprint density at radius 1 is 0.317 bits per heavy atom. The second-order valence-corrected chi connectivity index (χ2v) is 16.9. The molecule has 0 atom stereocenters. The van der Waals surface area contributed by atoms with Crippen LogP contribution in [0.4, 0.5) is 51.7 Å². The van der Waals surface area contributed by atoms with Gasteiger partial charge < -0.3 is 9.80 Å². The van der Waals surface area contributed by atoms with Crippen molar-refractivity contribution in [3.05, 3.63) is 214 Å². The van der Waals surface area contributed by atoms with E-state index in [0.717, 1.165) is 46.3 Å². The smallest absolute Gasteiger partial charge is 0.169 e. The van der Waals surface area contributed by atoms with E-state index in [0.29, 0.717) is 11.1 Å². The van der Waals surface area contributed by atoms with Crippen LogP contribution in [-0.2, 0) is 10.8 Å². The van der Waals surface area contributed by atoms with Gasteiger partial charge in [-0.25, -0.2) is 17.6 Å². The van der Waals surface area contributed by atoms with E-state index in [2.05, 4.69) is 99.9 Å². The van der Waals surface area contributed by atoms with Crippen LogP contribution in [0.2, 0.25) is 0 Å². The van der Waals surface area contributed by atoms with Gasteiger partial charge in [0.15, 0.2) is 23.3 Å². The Hall–Kier alpha value is -6.66. The second-order valence-electron chi connectivity index (χ2n) is 16.9. The Kier molecular flexibility index (Phi) is 12.0. The molecule has 0 aromatic heterocycles. The third-order valence-electron chi connectivity index (χ3n) is 10.5. The summed E-state index contributed by atoms with van der Waals surface area (Å²) >= 11 is 0. The van der Waals surface area contributed by atoms with E-state index in [1.165, 1.54) is 23.3 Å². The van der Waals surface area contributed by atoms with Crippen molar-refractivity contribution in [2.75, 3.05) is 9.80 Å². The van der Waals surface area contributed by atoms with Crippen LogP contribution in [0.3, 0.4) is 0 Å². The number of rotatable bonds is 10. The van der Waals surface area contributed by atoms with Crippen molar-refractivity contribution in [3.8, 4) is 0 Å². The lowest BCUT2D eigenvalue weighted by molar-refractivity contribution is 0.448. The minimum absolute atomic E-state index is 0.00619. The number of hydrogen-bond donors (Lipinski definition) is 0. The Balaban J connectivity index is 1.11. The molecule has 0 N–H and O–H groups in total. The first-order valence-corrected chi connectivity index (χ1v) is 20.0. The maximum atomic E-state index is 15.5. The number of nitrogens with zero attached hydrogens (tertiary/aromatic N) is 2. The molecule has 7 aromatic carbocycles. The first-order chi connectivity index (χ1) is 28.7. The zero-order chi connectivity index (χ0) is 42.6. The molecule has 2 nitrogen and oxygen atoms in total. The highest BCUT2D eigenvalue weighted by atomic mass is 19.2. The first-order valence-electron chi connectivity index (χ1n) is 20.0. The summed E-state index contributed by atoms with van der Waals surface area (Å²) in [7, 11) is 0. The van der Waals surface area contributed by atoms with Crippen LogP contribution in [0, 0.1) is 23.3 Å². The first kappa shape index (κ1) is 41.5. The minimum Gasteiger partial charge on any atom is -0.311 e. The Labute approximate surface area is 351 Å². The highest BCUT2D eigenvalue weighted by Gasteiger charge is 2.23. The average molecular weight is 801 g/mol. The van der Waals surface area contributed by atoms with Crippen LogP contribution in [0.1, 0.15) is 74.9 Å². The Morgan fingerprint density at radius 3 is 0.833 bits per heavy atom. The molecule has 7 aromatic rings. The SMILES string of the molecule is CC(C)(C)c1ccc(N(c2ccccc2)c2ccc(/C=C/c3c(F)c(F)c(/C=C/c4ccc(N(c5ccccc5)c5ccc(C(C)(C)C)cc5)cc4)c(F)c3F)cc2)cc1. The van der Waals surface area contributed by atoms with Crippen LogP contribution in [0.25, 0.3) is 24.3 Å². The lowest BCUT2D eigenvalue weighted by Gasteiger charge is -2.27. The van der Waals surface area contributed by atoms with Gasteiger partial charge >= 0.3 is 0 Å². The third kappa shape index (κ3) is 9.14. The maximum absolute atomic E-state index is 15.5. The van der Waals surface area contributed by atoms with Crippen LogP contribution in [0.5, 0.6) is 0 Å². The number of benzene rings is 7. The zero-order valence-electron chi connectivity index (χ0n) is 34.7. The number of anilines is 6. The van der Waals surface area contributed by atoms with Crippen LogP contribution >= 0.6 is 0 Å². The van der Waals surface area contributed by atoms with Gasteiger partial charge in [0.25, 0.3) is 0 Å². The van der Waals surface area contributed by atoms with Crippen molar-refractivity contribution in [2.24, 2.45) is 0 Å². The standard InChI is InChI=1S/C54H48F4N2/c1-53(2,3)39-23-31-45(32-24-39)59(41-13-9-7-10-14-41)43-27-17-37(18-28-43)21-35-47-49(55)51(57)48(52(58)50(47)56)36-22-38-19-29-44(30-20-38)60(42-15-11-8-12-16-42)46-33-25-40(26-34-46)54(4,5)6/h7-36H,1-6H3/b35-21+,36-22+. The molecule has 0 unspecified atom stereocenters. The molecule has 0 heterocycles. The van der Waals surface area contributed by atoms with Gasteiger partial charge in [0.1, 0.15) is 0 Å². The summed E-state index contributed by atoms with van der Waals surface area (Å²) in [5, 5.41) is 0. The minimum atomic E-state index is -1.47. The molecule has 60 heavy (non-hydrogen) atoms. The molecule has 0 fully saturated rings. The van der Waals surface area contributed by atoms with Crippen LogP contribution in [-0.4, -0.2) is 0 Å². The van der Waals surface area contributed by atoms with Crippen molar-refractivity contribution in [2.45, 2.75) is 52.4 Å². The predicted molar refractivity (Wildman–Crippen MR) is 244 cm³/mol. The number of halogens is 4. The average Bonchev–Trinajstić information content (AvgIpc) is 3.25. The molecule has 0 amide bonds. The molecule has 0 saturated carbocycles. The molecule has 0 aliphatic rings. The molecule has 302 valence electrons. The lowest BCUT2D eigenvalue weighted by atomic mass is 9.87. The highest BCUT2D eigenvalue weighted by Crippen LogP contribution is 2.38. The van der Waals surface area contributed by atoms with Crippen LogP contribution < -0.4 is 9.80 Å². The van der Waals surface area contributed by atoms with E-state index in [-0.39, 0.29) is 10.8 Å². The second kappa shape index (κ2) is 17.3. The molecule has 0 spiro atoms. The molecular formula is C54H48F4N2. The molecule has 7 rings (SSSR count). The fourth-order valence-electron chi connectivity index (χ4n) is 7.06. The number of para-hydroxylation sites is 2. The molecule has 0 radical (unpaired) electrons. The monoisotopic (exact) mass is 800 g/mol. The van der Waals surface area contributed by atoms with Gasteiger partial charge in [0.05, 0.1) is 11.1 Å². The molecule has 0 saturated heterocycles. The Morgan fingerprint density at radius 2 is 0.567 bits per heavy atom. The van der Waals surface area contributed by atoms with Gasteiger partial charge in [0.2, 0.25) is 0 Å². The third-order valence-corrected chi connectivity index (χ3v) is 10.5. The van der Waals surface area contributed by atoms with Gasteiger partial charge in [-0.3, -0.25) is 0 Å².